The van der Waals surface area contributed by atoms with E-state index in [0.29, 0.717) is 0 Å². The van der Waals surface area contributed by atoms with Gasteiger partial charge in [-0.1, -0.05) is 12.1 Å². The Balaban J connectivity index is 2.72. The summed E-state index contributed by atoms with van der Waals surface area (Å²) in [6.45, 7) is 0. The molecule has 0 amide bonds. The van der Waals surface area contributed by atoms with Gasteiger partial charge in [0.1, 0.15) is 5.75 Å². The Labute approximate surface area is 85.5 Å². The fraction of sp³-hybridized carbons (Fsp3) is 0.0909. The van der Waals surface area contributed by atoms with Gasteiger partial charge < -0.3 is 4.74 Å². The van der Waals surface area contributed by atoms with Crippen LogP contribution in [-0.4, -0.2) is 7.11 Å². The summed E-state index contributed by atoms with van der Waals surface area (Å²) in [6.07, 6.45) is 0. The molecule has 0 aliphatic heterocycles. The van der Waals surface area contributed by atoms with E-state index in [-0.39, 0.29) is 0 Å². The molecular weight excluding hydrogens is 228 g/mol. The van der Waals surface area contributed by atoms with Gasteiger partial charge in [-0.05, 0) is 51.0 Å². The van der Waals surface area contributed by atoms with Crippen molar-refractivity contribution in [1.29, 1.82) is 0 Å². The van der Waals surface area contributed by atoms with E-state index in [1.165, 1.54) is 0 Å². The zero-order valence-corrected chi connectivity index (χ0v) is 8.76. The van der Waals surface area contributed by atoms with Crippen LogP contribution in [0.2, 0.25) is 0 Å². The summed E-state index contributed by atoms with van der Waals surface area (Å²) < 4.78 is 6.13. The zero-order chi connectivity index (χ0) is 9.26. The van der Waals surface area contributed by atoms with Crippen molar-refractivity contribution in [2.75, 3.05) is 7.11 Å². The Bertz CT molecular complexity index is 437. The molecule has 65 valence electrons. The predicted molar refractivity (Wildman–Crippen MR) is 57.0 cm³/mol. The molecular formula is C11H8BrO. The van der Waals surface area contributed by atoms with Gasteiger partial charge in [-0.25, -0.2) is 0 Å². The first-order valence-corrected chi connectivity index (χ1v) is 4.74. The molecule has 0 aliphatic rings. The number of halogens is 1. The molecule has 2 aromatic carbocycles. The minimum atomic E-state index is 0.880. The number of fused-ring (bicyclic) bond motifs is 1. The monoisotopic (exact) mass is 235 g/mol. The van der Waals surface area contributed by atoms with Crippen molar-refractivity contribution in [3.8, 4) is 5.75 Å². The maximum absolute atomic E-state index is 5.14. The Morgan fingerprint density at radius 1 is 1.31 bits per heavy atom. The van der Waals surface area contributed by atoms with Crippen LogP contribution in [0.25, 0.3) is 10.8 Å². The van der Waals surface area contributed by atoms with Gasteiger partial charge in [0.2, 0.25) is 0 Å². The molecule has 0 bridgehead atoms. The van der Waals surface area contributed by atoms with Crippen LogP contribution in [0.15, 0.2) is 34.8 Å². The Morgan fingerprint density at radius 2 is 2.15 bits per heavy atom. The highest BCUT2D eigenvalue weighted by molar-refractivity contribution is 9.10. The molecule has 0 heterocycles. The lowest BCUT2D eigenvalue weighted by Gasteiger charge is -2.02. The second-order valence-corrected chi connectivity index (χ2v) is 3.54. The van der Waals surface area contributed by atoms with E-state index >= 15 is 0 Å². The Hall–Kier alpha value is -1.02. The quantitative estimate of drug-likeness (QED) is 0.737. The van der Waals surface area contributed by atoms with Crippen molar-refractivity contribution < 1.29 is 4.74 Å². The van der Waals surface area contributed by atoms with Gasteiger partial charge >= 0.3 is 0 Å². The van der Waals surface area contributed by atoms with Crippen LogP contribution in [0.3, 0.4) is 0 Å². The maximum atomic E-state index is 5.14. The number of ether oxygens (including phenoxy) is 1. The average Bonchev–Trinajstić information content (AvgIpc) is 2.18. The summed E-state index contributed by atoms with van der Waals surface area (Å²) in [6, 6.07) is 13.0. The first-order valence-electron chi connectivity index (χ1n) is 3.95. The van der Waals surface area contributed by atoms with Crippen molar-refractivity contribution in [2.45, 2.75) is 0 Å². The maximum Gasteiger partial charge on any atom is 0.119 e. The van der Waals surface area contributed by atoms with Crippen LogP contribution >= 0.6 is 15.9 Å². The van der Waals surface area contributed by atoms with Crippen molar-refractivity contribution in [2.24, 2.45) is 0 Å². The summed E-state index contributed by atoms with van der Waals surface area (Å²) in [7, 11) is 1.67. The largest absolute Gasteiger partial charge is 0.497 e. The third kappa shape index (κ3) is 1.54. The van der Waals surface area contributed by atoms with Gasteiger partial charge in [0, 0.05) is 4.47 Å². The zero-order valence-electron chi connectivity index (χ0n) is 7.17. The summed E-state index contributed by atoms with van der Waals surface area (Å²) in [5.41, 5.74) is 0. The normalized spacial score (nSPS) is 10.3. The lowest BCUT2D eigenvalue weighted by atomic mass is 10.1. The minimum Gasteiger partial charge on any atom is -0.497 e. The van der Waals surface area contributed by atoms with Crippen molar-refractivity contribution >= 4 is 26.7 Å². The third-order valence-electron chi connectivity index (χ3n) is 1.97. The highest BCUT2D eigenvalue weighted by atomic mass is 79.9. The van der Waals surface area contributed by atoms with Crippen LogP contribution < -0.4 is 4.74 Å². The molecule has 0 saturated heterocycles. The van der Waals surface area contributed by atoms with Gasteiger partial charge in [-0.2, -0.15) is 0 Å². The summed E-state index contributed by atoms with van der Waals surface area (Å²) >= 11 is 3.45. The predicted octanol–water partition coefficient (Wildman–Crippen LogP) is 3.41. The molecule has 0 aromatic heterocycles. The van der Waals surface area contributed by atoms with Crippen LogP contribution in [0.1, 0.15) is 0 Å². The molecule has 2 rings (SSSR count). The third-order valence-corrected chi connectivity index (χ3v) is 2.62. The topological polar surface area (TPSA) is 9.23 Å². The molecule has 1 radical (unpaired) electrons. The molecule has 0 saturated carbocycles. The second kappa shape index (κ2) is 3.38. The molecule has 2 aromatic rings. The molecule has 13 heavy (non-hydrogen) atoms. The van der Waals surface area contributed by atoms with Crippen molar-refractivity contribution in [3.05, 3.63) is 40.9 Å². The van der Waals surface area contributed by atoms with Crippen LogP contribution in [0.5, 0.6) is 5.75 Å². The van der Waals surface area contributed by atoms with Crippen LogP contribution in [-0.2, 0) is 0 Å². The minimum absolute atomic E-state index is 0.880. The van der Waals surface area contributed by atoms with Gasteiger partial charge in [-0.15, -0.1) is 0 Å². The van der Waals surface area contributed by atoms with Crippen LogP contribution in [0, 0.1) is 6.07 Å². The van der Waals surface area contributed by atoms with Crippen molar-refractivity contribution in [3.63, 3.8) is 0 Å². The van der Waals surface area contributed by atoms with Gasteiger partial charge in [0.25, 0.3) is 0 Å². The van der Waals surface area contributed by atoms with Gasteiger partial charge in [-0.3, -0.25) is 0 Å². The van der Waals surface area contributed by atoms with E-state index < -0.39 is 0 Å². The molecule has 0 aliphatic carbocycles. The summed E-state index contributed by atoms with van der Waals surface area (Å²) in [5.74, 6) is 0.880. The number of methoxy groups -OCH3 is 1. The Morgan fingerprint density at radius 3 is 2.92 bits per heavy atom. The van der Waals surface area contributed by atoms with Gasteiger partial charge in [0.05, 0.1) is 7.11 Å². The number of hydrogen-bond acceptors (Lipinski definition) is 1. The highest BCUT2D eigenvalue weighted by Crippen LogP contribution is 2.26. The van der Waals surface area contributed by atoms with E-state index in [1.807, 2.05) is 30.3 Å². The molecule has 0 N–H and O–H groups in total. The first kappa shape index (κ1) is 8.57. The first-order chi connectivity index (χ1) is 6.31. The summed E-state index contributed by atoms with van der Waals surface area (Å²) in [5, 5.41) is 2.31. The SMILES string of the molecule is COc1ccc2c(Br)[c]ccc2c1. The Kier molecular flexibility index (Phi) is 2.23. The lowest BCUT2D eigenvalue weighted by Crippen LogP contribution is -1.82. The van der Waals surface area contributed by atoms with E-state index in [4.69, 9.17) is 4.74 Å². The number of hydrogen-bond donors (Lipinski definition) is 0. The van der Waals surface area contributed by atoms with Crippen molar-refractivity contribution in [1.82, 2.24) is 0 Å². The fourth-order valence-electron chi connectivity index (χ4n) is 1.29. The standard InChI is InChI=1S/C11H8BrO/c1-13-9-5-6-10-8(7-9)3-2-4-11(10)12/h2-3,5-7H,1H3. The van der Waals surface area contributed by atoms with E-state index in [0.717, 1.165) is 21.0 Å². The molecule has 0 spiro atoms. The van der Waals surface area contributed by atoms with E-state index in [9.17, 15) is 0 Å². The molecule has 0 fully saturated rings. The smallest absolute Gasteiger partial charge is 0.119 e. The lowest BCUT2D eigenvalue weighted by molar-refractivity contribution is 0.415. The van der Waals surface area contributed by atoms with Gasteiger partial charge in [0.15, 0.2) is 0 Å². The molecule has 0 unspecified atom stereocenters. The highest BCUT2D eigenvalue weighted by Gasteiger charge is 1.98. The number of benzene rings is 2. The molecule has 0 atom stereocenters. The number of rotatable bonds is 1. The average molecular weight is 236 g/mol. The second-order valence-electron chi connectivity index (χ2n) is 2.74. The van der Waals surface area contributed by atoms with E-state index in [2.05, 4.69) is 22.0 Å². The summed E-state index contributed by atoms with van der Waals surface area (Å²) in [4.78, 5) is 0. The molecule has 1 nitrogen and oxygen atoms in total. The van der Waals surface area contributed by atoms with Crippen LogP contribution in [0.4, 0.5) is 0 Å². The van der Waals surface area contributed by atoms with E-state index in [1.54, 1.807) is 7.11 Å². The molecule has 2 heteroatoms. The fourth-order valence-corrected chi connectivity index (χ4v) is 1.78.